The van der Waals surface area contributed by atoms with Crippen LogP contribution in [0, 0.1) is 6.92 Å². The topological polar surface area (TPSA) is 21.3 Å². The van der Waals surface area contributed by atoms with Crippen molar-refractivity contribution in [2.75, 3.05) is 4.81 Å². The van der Waals surface area contributed by atoms with Gasteiger partial charge in [-0.25, -0.2) is 0 Å². The first kappa shape index (κ1) is 32.5. The summed E-state index contributed by atoms with van der Waals surface area (Å²) in [4.78, 5) is 2.68. The Kier molecular flexibility index (Phi) is 6.23. The zero-order valence-electron chi connectivity index (χ0n) is 32.8. The number of aryl methyl sites for hydroxylation is 1. The van der Waals surface area contributed by atoms with Crippen LogP contribution >= 0.6 is 11.3 Å². The maximum absolute atomic E-state index is 6.56. The van der Waals surface area contributed by atoms with E-state index in [2.05, 4.69) is 179 Å². The molecule has 7 aromatic carbocycles. The molecular formula is C51H41BN2OS. The molecule has 3 aromatic heterocycles. The number of thiophene rings is 1. The lowest BCUT2D eigenvalue weighted by Crippen LogP contribution is -2.60. The van der Waals surface area contributed by atoms with Crippen molar-refractivity contribution in [3.8, 4) is 16.8 Å². The van der Waals surface area contributed by atoms with Crippen molar-refractivity contribution in [3.63, 3.8) is 0 Å². The summed E-state index contributed by atoms with van der Waals surface area (Å²) in [6.07, 6.45) is 0. The standard InChI is InChI=1S/C51H41BN2OS/c1-28-22-37-34-26-46-36(33-13-9-11-15-45(33)56-46)25-42(34)54(31-19-16-29(17-20-31)50(2,3)4)52-39-23-30(51(5,6)7)18-21-40(39)53-41-27-44-35(32-12-8-10-14-43(32)55-44)24-38(41)47(28)49(53)48(37)52/h8-27H,1-7H3. The summed E-state index contributed by atoms with van der Waals surface area (Å²) in [7, 11) is 0. The molecule has 10 aromatic rings. The molecule has 0 N–H and O–H groups in total. The smallest absolute Gasteiger partial charge is 0.333 e. The number of nitrogens with zero attached hydrogens (tertiary/aromatic N) is 2. The van der Waals surface area contributed by atoms with Crippen LogP contribution in [0.25, 0.3) is 80.7 Å². The molecular weight excluding hydrogens is 699 g/mol. The highest BCUT2D eigenvalue weighted by Crippen LogP contribution is 2.50. The van der Waals surface area contributed by atoms with Gasteiger partial charge >= 0.3 is 6.85 Å². The molecule has 0 saturated carbocycles. The van der Waals surface area contributed by atoms with Crippen LogP contribution in [0.1, 0.15) is 58.2 Å². The van der Waals surface area contributed by atoms with Gasteiger partial charge < -0.3 is 13.8 Å². The number of hydrogen-bond donors (Lipinski definition) is 0. The lowest BCUT2D eigenvalue weighted by molar-refractivity contribution is 0.590. The largest absolute Gasteiger partial charge is 0.456 e. The van der Waals surface area contributed by atoms with Crippen molar-refractivity contribution in [3.05, 3.63) is 138 Å². The number of fused-ring (bicyclic) bond motifs is 14. The summed E-state index contributed by atoms with van der Waals surface area (Å²) in [5.41, 5.74) is 17.4. The van der Waals surface area contributed by atoms with E-state index in [4.69, 9.17) is 4.42 Å². The molecule has 5 heterocycles. The van der Waals surface area contributed by atoms with Gasteiger partial charge in [-0.15, -0.1) is 11.3 Å². The van der Waals surface area contributed by atoms with Crippen molar-refractivity contribution < 1.29 is 4.42 Å². The van der Waals surface area contributed by atoms with Gasteiger partial charge in [0.25, 0.3) is 0 Å². The number of anilines is 2. The Labute approximate surface area is 330 Å². The van der Waals surface area contributed by atoms with Gasteiger partial charge in [-0.3, -0.25) is 0 Å². The average molecular weight is 741 g/mol. The molecule has 0 unspecified atom stereocenters. The minimum Gasteiger partial charge on any atom is -0.456 e. The third kappa shape index (κ3) is 4.24. The van der Waals surface area contributed by atoms with Gasteiger partial charge in [0.2, 0.25) is 0 Å². The Balaban J connectivity index is 1.27. The molecule has 0 fully saturated rings. The summed E-state index contributed by atoms with van der Waals surface area (Å²) in [5.74, 6) is 0. The maximum atomic E-state index is 6.56. The van der Waals surface area contributed by atoms with Gasteiger partial charge in [0, 0.05) is 70.4 Å². The molecule has 0 spiro atoms. The van der Waals surface area contributed by atoms with E-state index < -0.39 is 0 Å². The van der Waals surface area contributed by atoms with Crippen LogP contribution in [-0.2, 0) is 10.8 Å². The predicted molar refractivity (Wildman–Crippen MR) is 242 cm³/mol. The summed E-state index contributed by atoms with van der Waals surface area (Å²) in [5, 5.41) is 7.59. The Hall–Kier alpha value is -5.78. The van der Waals surface area contributed by atoms with Crippen LogP contribution in [0.15, 0.2) is 126 Å². The van der Waals surface area contributed by atoms with Crippen molar-refractivity contribution in [1.82, 2.24) is 4.57 Å². The quantitative estimate of drug-likeness (QED) is 0.156. The molecule has 0 amide bonds. The van der Waals surface area contributed by atoms with E-state index in [1.54, 1.807) is 0 Å². The Morgan fingerprint density at radius 1 is 0.571 bits per heavy atom. The van der Waals surface area contributed by atoms with E-state index in [9.17, 15) is 0 Å². The molecule has 56 heavy (non-hydrogen) atoms. The van der Waals surface area contributed by atoms with Crippen molar-refractivity contribution in [2.45, 2.75) is 59.3 Å². The highest BCUT2D eigenvalue weighted by Gasteiger charge is 2.45. The van der Waals surface area contributed by atoms with E-state index in [-0.39, 0.29) is 17.7 Å². The third-order valence-electron chi connectivity index (χ3n) is 12.8. The van der Waals surface area contributed by atoms with E-state index in [0.717, 1.165) is 16.6 Å². The van der Waals surface area contributed by atoms with E-state index in [1.807, 2.05) is 11.3 Å². The van der Waals surface area contributed by atoms with Gasteiger partial charge in [-0.2, -0.15) is 0 Å². The van der Waals surface area contributed by atoms with Gasteiger partial charge in [-0.05, 0) is 99.5 Å². The van der Waals surface area contributed by atoms with Gasteiger partial charge in [0.05, 0.1) is 11.0 Å². The second kappa shape index (κ2) is 10.7. The summed E-state index contributed by atoms with van der Waals surface area (Å²) in [6.45, 7) is 16.2. The zero-order chi connectivity index (χ0) is 38.0. The second-order valence-corrected chi connectivity index (χ2v) is 19.3. The minimum atomic E-state index is -0.0404. The van der Waals surface area contributed by atoms with Crippen molar-refractivity contribution in [1.29, 1.82) is 0 Å². The summed E-state index contributed by atoms with van der Waals surface area (Å²) < 4.78 is 11.8. The SMILES string of the molecule is Cc1cc2c3c4c1c1cc5c(cc1n4-c1ccc(C(C)(C)C)cc1B3N(c1ccc(C(C)(C)C)cc1)c1cc3c(cc1-2)sc1ccccc13)oc1ccccc15. The van der Waals surface area contributed by atoms with Gasteiger partial charge in [-0.1, -0.05) is 108 Å². The highest BCUT2D eigenvalue weighted by atomic mass is 32.1. The number of aromatic nitrogens is 1. The van der Waals surface area contributed by atoms with Crippen LogP contribution in [0.2, 0.25) is 0 Å². The highest BCUT2D eigenvalue weighted by molar-refractivity contribution is 7.25. The molecule has 0 radical (unpaired) electrons. The number of hydrogen-bond acceptors (Lipinski definition) is 3. The van der Waals surface area contributed by atoms with Crippen LogP contribution in [0.4, 0.5) is 11.4 Å². The molecule has 12 rings (SSSR count). The number of rotatable bonds is 1. The summed E-state index contributed by atoms with van der Waals surface area (Å²) in [6, 6.07) is 46.2. The Morgan fingerprint density at radius 2 is 1.30 bits per heavy atom. The summed E-state index contributed by atoms with van der Waals surface area (Å²) >= 11 is 1.90. The molecule has 0 aliphatic carbocycles. The molecule has 2 aliphatic rings. The van der Waals surface area contributed by atoms with Crippen LogP contribution in [0.5, 0.6) is 0 Å². The molecule has 0 saturated heterocycles. The minimum absolute atomic E-state index is 0.0204. The van der Waals surface area contributed by atoms with E-state index in [0.29, 0.717) is 0 Å². The van der Waals surface area contributed by atoms with Crippen LogP contribution in [0.3, 0.4) is 0 Å². The molecule has 2 aliphatic heterocycles. The normalized spacial score (nSPS) is 13.9. The molecule has 5 heteroatoms. The maximum Gasteiger partial charge on any atom is 0.333 e. The van der Waals surface area contributed by atoms with Gasteiger partial charge in [0.1, 0.15) is 11.2 Å². The predicted octanol–water partition coefficient (Wildman–Crippen LogP) is 13.2. The fourth-order valence-corrected chi connectivity index (χ4v) is 11.1. The lowest BCUT2D eigenvalue weighted by Gasteiger charge is -2.42. The third-order valence-corrected chi connectivity index (χ3v) is 13.9. The Morgan fingerprint density at radius 3 is 2.09 bits per heavy atom. The van der Waals surface area contributed by atoms with Crippen LogP contribution < -0.4 is 15.7 Å². The first-order valence-corrected chi connectivity index (χ1v) is 20.7. The van der Waals surface area contributed by atoms with Crippen molar-refractivity contribution >= 4 is 104 Å². The Bertz CT molecular complexity index is 3350. The molecule has 270 valence electrons. The molecule has 0 bridgehead atoms. The fourth-order valence-electron chi connectivity index (χ4n) is 10.00. The van der Waals surface area contributed by atoms with Crippen molar-refractivity contribution in [2.24, 2.45) is 0 Å². The van der Waals surface area contributed by atoms with Crippen LogP contribution in [-0.4, -0.2) is 11.4 Å². The molecule has 0 atom stereocenters. The monoisotopic (exact) mass is 740 g/mol. The number of para-hydroxylation sites is 1. The first-order chi connectivity index (χ1) is 26.9. The fraction of sp³-hybridized carbons (Fsp3) is 0.176. The van der Waals surface area contributed by atoms with E-state index in [1.165, 1.54) is 103 Å². The zero-order valence-corrected chi connectivity index (χ0v) is 33.7. The number of benzene rings is 7. The lowest BCUT2D eigenvalue weighted by atomic mass is 9.43. The second-order valence-electron chi connectivity index (χ2n) is 18.2. The molecule has 3 nitrogen and oxygen atoms in total. The first-order valence-electron chi connectivity index (χ1n) is 19.9. The number of furan rings is 1. The van der Waals surface area contributed by atoms with E-state index >= 15 is 0 Å². The van der Waals surface area contributed by atoms with Gasteiger partial charge in [0.15, 0.2) is 0 Å². The average Bonchev–Trinajstić information content (AvgIpc) is 3.84.